The smallest absolute Gasteiger partial charge is 0.416 e. The second-order valence-corrected chi connectivity index (χ2v) is 7.14. The van der Waals surface area contributed by atoms with Crippen LogP contribution in [0, 0.1) is 0 Å². The minimum atomic E-state index is -4.49. The molecule has 154 valence electrons. The molecule has 0 aromatic heterocycles. The van der Waals surface area contributed by atoms with Crippen LogP contribution in [-0.4, -0.2) is 29.6 Å². The second-order valence-electron chi connectivity index (χ2n) is 6.73. The lowest BCUT2D eigenvalue weighted by atomic mass is 10.1. The zero-order valence-electron chi connectivity index (χ0n) is 15.2. The summed E-state index contributed by atoms with van der Waals surface area (Å²) in [7, 11) is 0. The van der Waals surface area contributed by atoms with Gasteiger partial charge in [-0.1, -0.05) is 23.7 Å². The van der Waals surface area contributed by atoms with Gasteiger partial charge >= 0.3 is 12.1 Å². The van der Waals surface area contributed by atoms with Crippen molar-refractivity contribution in [3.8, 4) is 0 Å². The molecule has 0 saturated carbocycles. The van der Waals surface area contributed by atoms with Gasteiger partial charge in [-0.05, 0) is 48.7 Å². The van der Waals surface area contributed by atoms with Crippen LogP contribution in [0.1, 0.15) is 24.0 Å². The number of halogens is 4. The topological polar surface area (TPSA) is 69.6 Å². The summed E-state index contributed by atoms with van der Waals surface area (Å²) in [4.78, 5) is 24.9. The van der Waals surface area contributed by atoms with Crippen molar-refractivity contribution in [2.24, 2.45) is 0 Å². The Labute approximate surface area is 170 Å². The standard InChI is InChI=1S/C20H18ClF3N2O3/c21-15-11-13(20(22,23)24)4-7-16(15)25-17-9-10-26(19(17)29)14-5-1-12(2-6-14)3-8-18(27)28/h1-2,4-7,11,17,25H,3,8-10H2,(H,27,28)/t17-/m1/s1. The zero-order chi connectivity index (χ0) is 21.2. The Morgan fingerprint density at radius 2 is 1.90 bits per heavy atom. The number of aliphatic carboxylic acids is 1. The summed E-state index contributed by atoms with van der Waals surface area (Å²) in [6.07, 6.45) is -3.59. The van der Waals surface area contributed by atoms with Gasteiger partial charge in [0.15, 0.2) is 0 Å². The Balaban J connectivity index is 1.66. The molecule has 0 radical (unpaired) electrons. The molecule has 0 aliphatic carbocycles. The molecule has 1 saturated heterocycles. The van der Waals surface area contributed by atoms with Crippen molar-refractivity contribution in [3.63, 3.8) is 0 Å². The molecule has 1 aliphatic heterocycles. The average molecular weight is 427 g/mol. The van der Waals surface area contributed by atoms with Gasteiger partial charge in [-0.25, -0.2) is 0 Å². The number of carbonyl (C=O) groups is 2. The average Bonchev–Trinajstić information content (AvgIpc) is 3.01. The highest BCUT2D eigenvalue weighted by atomic mass is 35.5. The molecule has 2 N–H and O–H groups in total. The molecule has 0 bridgehead atoms. The molecule has 3 rings (SSSR count). The summed E-state index contributed by atoms with van der Waals surface area (Å²) in [5, 5.41) is 11.6. The molecule has 5 nitrogen and oxygen atoms in total. The Morgan fingerprint density at radius 3 is 2.48 bits per heavy atom. The normalized spacial score (nSPS) is 16.9. The van der Waals surface area contributed by atoms with E-state index in [0.717, 1.165) is 17.7 Å². The Bertz CT molecular complexity index is 916. The van der Waals surface area contributed by atoms with Crippen LogP contribution in [0.3, 0.4) is 0 Å². The lowest BCUT2D eigenvalue weighted by molar-refractivity contribution is -0.138. The van der Waals surface area contributed by atoms with Gasteiger partial charge in [-0.2, -0.15) is 13.2 Å². The summed E-state index contributed by atoms with van der Waals surface area (Å²) >= 11 is 5.96. The highest BCUT2D eigenvalue weighted by Gasteiger charge is 2.34. The molecule has 1 heterocycles. The number of carbonyl (C=O) groups excluding carboxylic acids is 1. The molecule has 9 heteroatoms. The first-order chi connectivity index (χ1) is 13.6. The van der Waals surface area contributed by atoms with Crippen molar-refractivity contribution in [1.29, 1.82) is 0 Å². The first-order valence-corrected chi connectivity index (χ1v) is 9.28. The third-order valence-corrected chi connectivity index (χ3v) is 5.02. The van der Waals surface area contributed by atoms with Gasteiger partial charge in [0.1, 0.15) is 6.04 Å². The Hall–Kier alpha value is -2.74. The van der Waals surface area contributed by atoms with E-state index in [1.54, 1.807) is 29.2 Å². The van der Waals surface area contributed by atoms with Crippen LogP contribution < -0.4 is 10.2 Å². The number of hydrogen-bond donors (Lipinski definition) is 2. The van der Waals surface area contributed by atoms with E-state index in [-0.39, 0.29) is 23.0 Å². The molecule has 1 fully saturated rings. The SMILES string of the molecule is O=C(O)CCc1ccc(N2CC[C@@H](Nc3ccc(C(F)(F)F)cc3Cl)C2=O)cc1. The monoisotopic (exact) mass is 426 g/mol. The van der Waals surface area contributed by atoms with Gasteiger partial charge in [-0.3, -0.25) is 9.59 Å². The van der Waals surface area contributed by atoms with E-state index in [4.69, 9.17) is 16.7 Å². The van der Waals surface area contributed by atoms with Gasteiger partial charge in [-0.15, -0.1) is 0 Å². The summed E-state index contributed by atoms with van der Waals surface area (Å²) in [6, 6.07) is 9.43. The van der Waals surface area contributed by atoms with Gasteiger partial charge < -0.3 is 15.3 Å². The number of carboxylic acid groups (broad SMARTS) is 1. The van der Waals surface area contributed by atoms with Crippen LogP contribution in [0.5, 0.6) is 0 Å². The Kier molecular flexibility index (Phi) is 6.02. The Morgan fingerprint density at radius 1 is 1.21 bits per heavy atom. The number of anilines is 2. The highest BCUT2D eigenvalue weighted by Crippen LogP contribution is 2.34. The minimum absolute atomic E-state index is 0.0296. The quantitative estimate of drug-likeness (QED) is 0.708. The van der Waals surface area contributed by atoms with Crippen molar-refractivity contribution in [3.05, 3.63) is 58.6 Å². The van der Waals surface area contributed by atoms with E-state index in [2.05, 4.69) is 5.32 Å². The third-order valence-electron chi connectivity index (χ3n) is 4.71. The number of alkyl halides is 3. The summed E-state index contributed by atoms with van der Waals surface area (Å²) in [5.41, 5.74) is 0.949. The minimum Gasteiger partial charge on any atom is -0.481 e. The van der Waals surface area contributed by atoms with Gasteiger partial charge in [0, 0.05) is 18.7 Å². The van der Waals surface area contributed by atoms with Crippen molar-refractivity contribution in [1.82, 2.24) is 0 Å². The zero-order valence-corrected chi connectivity index (χ0v) is 15.9. The summed E-state index contributed by atoms with van der Waals surface area (Å²) in [6.45, 7) is 0.448. The number of amides is 1. The first-order valence-electron chi connectivity index (χ1n) is 8.90. The number of rotatable bonds is 6. The lowest BCUT2D eigenvalue weighted by Crippen LogP contribution is -2.33. The van der Waals surface area contributed by atoms with E-state index in [1.807, 2.05) is 0 Å². The molecule has 1 aliphatic rings. The van der Waals surface area contributed by atoms with Gasteiger partial charge in [0.05, 0.1) is 16.3 Å². The number of nitrogens with one attached hydrogen (secondary N) is 1. The maximum Gasteiger partial charge on any atom is 0.416 e. The van der Waals surface area contributed by atoms with E-state index in [9.17, 15) is 22.8 Å². The van der Waals surface area contributed by atoms with Gasteiger partial charge in [0.25, 0.3) is 0 Å². The van der Waals surface area contributed by atoms with Crippen molar-refractivity contribution in [2.45, 2.75) is 31.5 Å². The van der Waals surface area contributed by atoms with E-state index in [0.29, 0.717) is 25.1 Å². The van der Waals surface area contributed by atoms with Crippen LogP contribution in [0.2, 0.25) is 5.02 Å². The molecule has 0 spiro atoms. The number of nitrogens with zero attached hydrogens (tertiary/aromatic N) is 1. The third kappa shape index (κ3) is 5.00. The fraction of sp³-hybridized carbons (Fsp3) is 0.300. The predicted molar refractivity (Wildman–Crippen MR) is 103 cm³/mol. The molecule has 2 aromatic carbocycles. The largest absolute Gasteiger partial charge is 0.481 e. The fourth-order valence-electron chi connectivity index (χ4n) is 3.16. The summed E-state index contributed by atoms with van der Waals surface area (Å²) < 4.78 is 38.3. The molecule has 2 aromatic rings. The number of benzene rings is 2. The van der Waals surface area contributed by atoms with E-state index in [1.165, 1.54) is 6.07 Å². The molecule has 1 amide bonds. The lowest BCUT2D eigenvalue weighted by Gasteiger charge is -2.19. The number of carboxylic acids is 1. The van der Waals surface area contributed by atoms with Gasteiger partial charge in [0.2, 0.25) is 5.91 Å². The fourth-order valence-corrected chi connectivity index (χ4v) is 3.40. The van der Waals surface area contributed by atoms with Crippen LogP contribution in [0.4, 0.5) is 24.5 Å². The molecular formula is C20H18ClF3N2O3. The van der Waals surface area contributed by atoms with Crippen LogP contribution in [0.25, 0.3) is 0 Å². The maximum atomic E-state index is 12.8. The molecular weight excluding hydrogens is 409 g/mol. The van der Waals surface area contributed by atoms with Crippen molar-refractivity contribution in [2.75, 3.05) is 16.8 Å². The first kappa shape index (κ1) is 21.0. The van der Waals surface area contributed by atoms with Crippen LogP contribution >= 0.6 is 11.6 Å². The molecule has 29 heavy (non-hydrogen) atoms. The number of aryl methyl sites for hydroxylation is 1. The second kappa shape index (κ2) is 8.32. The number of hydrogen-bond acceptors (Lipinski definition) is 3. The molecule has 0 unspecified atom stereocenters. The molecule has 1 atom stereocenters. The van der Waals surface area contributed by atoms with E-state index >= 15 is 0 Å². The highest BCUT2D eigenvalue weighted by molar-refractivity contribution is 6.33. The van der Waals surface area contributed by atoms with Crippen LogP contribution in [0.15, 0.2) is 42.5 Å². The maximum absolute atomic E-state index is 12.8. The van der Waals surface area contributed by atoms with Crippen molar-refractivity contribution >= 4 is 34.9 Å². The predicted octanol–water partition coefficient (Wildman–Crippen LogP) is 4.59. The summed E-state index contributed by atoms with van der Waals surface area (Å²) in [5.74, 6) is -1.08. The van der Waals surface area contributed by atoms with Crippen molar-refractivity contribution < 1.29 is 27.9 Å². The van der Waals surface area contributed by atoms with Crippen LogP contribution in [-0.2, 0) is 22.2 Å². The van der Waals surface area contributed by atoms with E-state index < -0.39 is 23.8 Å².